The number of hydrogen-bond acceptors (Lipinski definition) is 7. The van der Waals surface area contributed by atoms with Crippen molar-refractivity contribution in [3.8, 4) is 11.4 Å². The van der Waals surface area contributed by atoms with Gasteiger partial charge in [-0.15, -0.1) is 0 Å². The molecular weight excluding hydrogens is 456 g/mol. The second kappa shape index (κ2) is 8.85. The predicted molar refractivity (Wildman–Crippen MR) is 117 cm³/mol. The van der Waals surface area contributed by atoms with E-state index in [2.05, 4.69) is 20.2 Å². The Hall–Kier alpha value is -3.63. The Labute approximate surface area is 188 Å². The number of hydrogen-bond donors (Lipinski definition) is 2. The van der Waals surface area contributed by atoms with Crippen molar-refractivity contribution in [1.82, 2.24) is 15.5 Å². The summed E-state index contributed by atoms with van der Waals surface area (Å²) in [5.74, 6) is 0.284. The molecule has 0 aliphatic heterocycles. The lowest BCUT2D eigenvalue weighted by atomic mass is 10.2. The van der Waals surface area contributed by atoms with Crippen LogP contribution in [-0.4, -0.2) is 24.5 Å². The Bertz CT molecular complexity index is 1320. The molecule has 2 heterocycles. The summed E-state index contributed by atoms with van der Waals surface area (Å²) in [7, 11) is -3.75. The fourth-order valence-corrected chi connectivity index (χ4v) is 3.97. The van der Waals surface area contributed by atoms with Gasteiger partial charge in [-0.25, -0.2) is 8.42 Å². The van der Waals surface area contributed by atoms with Crippen LogP contribution in [0.25, 0.3) is 11.4 Å². The van der Waals surface area contributed by atoms with Gasteiger partial charge >= 0.3 is 0 Å². The predicted octanol–water partition coefficient (Wildman–Crippen LogP) is 4.27. The monoisotopic (exact) mass is 472 g/mol. The van der Waals surface area contributed by atoms with Crippen molar-refractivity contribution < 1.29 is 22.2 Å². The van der Waals surface area contributed by atoms with Crippen molar-refractivity contribution in [2.24, 2.45) is 0 Å². The van der Waals surface area contributed by atoms with Crippen molar-refractivity contribution >= 4 is 33.2 Å². The van der Waals surface area contributed by atoms with Crippen LogP contribution in [0, 0.1) is 0 Å². The molecule has 2 aromatic heterocycles. The van der Waals surface area contributed by atoms with Gasteiger partial charge in [0.15, 0.2) is 5.76 Å². The number of carbonyl (C=O) groups excluding carboxylic acids is 1. The Morgan fingerprint density at radius 1 is 1.06 bits per heavy atom. The fourth-order valence-electron chi connectivity index (χ4n) is 2.78. The van der Waals surface area contributed by atoms with Crippen molar-refractivity contribution in [1.29, 1.82) is 0 Å². The average molecular weight is 473 g/mol. The molecule has 0 fully saturated rings. The highest BCUT2D eigenvalue weighted by Gasteiger charge is 2.20. The normalized spacial score (nSPS) is 12.3. The van der Waals surface area contributed by atoms with Crippen LogP contribution in [0.15, 0.2) is 80.8 Å². The minimum absolute atomic E-state index is 0.0966. The molecule has 0 aliphatic carbocycles. The molecule has 2 aromatic carbocycles. The Morgan fingerprint density at radius 2 is 1.78 bits per heavy atom. The molecular formula is C21H17ClN4O5S. The summed E-state index contributed by atoms with van der Waals surface area (Å²) in [4.78, 5) is 16.5. The Morgan fingerprint density at radius 3 is 2.44 bits per heavy atom. The molecule has 4 rings (SSSR count). The van der Waals surface area contributed by atoms with Gasteiger partial charge in [0.05, 0.1) is 11.2 Å². The summed E-state index contributed by atoms with van der Waals surface area (Å²) >= 11 is 5.81. The zero-order valence-corrected chi connectivity index (χ0v) is 18.2. The van der Waals surface area contributed by atoms with Gasteiger partial charge in [0.1, 0.15) is 6.04 Å². The van der Waals surface area contributed by atoms with Crippen LogP contribution in [0.2, 0.25) is 5.02 Å². The molecule has 1 unspecified atom stereocenters. The maximum Gasteiger partial charge on any atom is 0.287 e. The molecule has 0 aliphatic rings. The van der Waals surface area contributed by atoms with Gasteiger partial charge < -0.3 is 14.3 Å². The molecule has 11 heteroatoms. The summed E-state index contributed by atoms with van der Waals surface area (Å²) in [5, 5.41) is 7.08. The van der Waals surface area contributed by atoms with E-state index in [9.17, 15) is 13.2 Å². The van der Waals surface area contributed by atoms with E-state index >= 15 is 0 Å². The van der Waals surface area contributed by atoms with E-state index < -0.39 is 22.0 Å². The van der Waals surface area contributed by atoms with Crippen LogP contribution in [0.1, 0.15) is 29.4 Å². The first kappa shape index (κ1) is 21.6. The third kappa shape index (κ3) is 4.82. The maximum absolute atomic E-state index is 12.5. The lowest BCUT2D eigenvalue weighted by molar-refractivity contribution is 0.0904. The molecule has 9 nitrogen and oxygen atoms in total. The highest BCUT2D eigenvalue weighted by atomic mass is 35.5. The van der Waals surface area contributed by atoms with Crippen LogP contribution in [0.3, 0.4) is 0 Å². The first-order chi connectivity index (χ1) is 15.3. The number of nitrogens with zero attached hydrogens (tertiary/aromatic N) is 2. The lowest BCUT2D eigenvalue weighted by Gasteiger charge is -2.08. The van der Waals surface area contributed by atoms with Gasteiger partial charge in [0.2, 0.25) is 11.7 Å². The molecule has 32 heavy (non-hydrogen) atoms. The molecule has 0 radical (unpaired) electrons. The number of furan rings is 1. The van der Waals surface area contributed by atoms with Crippen LogP contribution < -0.4 is 10.0 Å². The van der Waals surface area contributed by atoms with E-state index in [1.807, 2.05) is 0 Å². The molecule has 164 valence electrons. The number of benzene rings is 2. The standard InChI is InChI=1S/C21H17ClN4O5S/c1-13(23-20(27)18-3-2-12-30-18)21-24-19(25-31-21)14-4-8-16(9-5-14)26-32(28,29)17-10-6-15(22)7-11-17/h2-13,26H,1H3,(H,23,27). The minimum Gasteiger partial charge on any atom is -0.459 e. The molecule has 2 N–H and O–H groups in total. The fraction of sp³-hybridized carbons (Fsp3) is 0.0952. The van der Waals surface area contributed by atoms with Crippen LogP contribution >= 0.6 is 11.6 Å². The number of anilines is 1. The van der Waals surface area contributed by atoms with E-state index in [0.29, 0.717) is 22.1 Å². The number of carbonyl (C=O) groups is 1. The number of nitrogens with one attached hydrogen (secondary N) is 2. The van der Waals surface area contributed by atoms with E-state index in [1.165, 1.54) is 30.5 Å². The highest BCUT2D eigenvalue weighted by Crippen LogP contribution is 2.23. The molecule has 0 spiro atoms. The van der Waals surface area contributed by atoms with Crippen molar-refractivity contribution in [2.75, 3.05) is 4.72 Å². The van der Waals surface area contributed by atoms with Crippen molar-refractivity contribution in [3.63, 3.8) is 0 Å². The average Bonchev–Trinajstić information content (AvgIpc) is 3.47. The zero-order valence-electron chi connectivity index (χ0n) is 16.7. The zero-order chi connectivity index (χ0) is 22.7. The topological polar surface area (TPSA) is 127 Å². The van der Waals surface area contributed by atoms with Crippen molar-refractivity contribution in [2.45, 2.75) is 17.9 Å². The first-order valence-corrected chi connectivity index (χ1v) is 11.2. The van der Waals surface area contributed by atoms with Crippen LogP contribution in [0.4, 0.5) is 5.69 Å². The lowest BCUT2D eigenvalue weighted by Crippen LogP contribution is -2.26. The highest BCUT2D eigenvalue weighted by molar-refractivity contribution is 7.92. The van der Waals surface area contributed by atoms with E-state index in [1.54, 1.807) is 43.3 Å². The number of sulfonamides is 1. The van der Waals surface area contributed by atoms with Gasteiger partial charge in [0.25, 0.3) is 15.9 Å². The largest absolute Gasteiger partial charge is 0.459 e. The third-order valence-electron chi connectivity index (χ3n) is 4.42. The van der Waals surface area contributed by atoms with E-state index in [0.717, 1.165) is 0 Å². The molecule has 4 aromatic rings. The van der Waals surface area contributed by atoms with E-state index in [-0.39, 0.29) is 16.5 Å². The summed E-state index contributed by atoms with van der Waals surface area (Å²) in [6.45, 7) is 1.70. The summed E-state index contributed by atoms with van der Waals surface area (Å²) in [6.07, 6.45) is 1.41. The van der Waals surface area contributed by atoms with Gasteiger partial charge in [-0.05, 0) is 67.6 Å². The summed E-state index contributed by atoms with van der Waals surface area (Å²) in [6, 6.07) is 14.9. The van der Waals surface area contributed by atoms with Crippen LogP contribution in [-0.2, 0) is 10.0 Å². The molecule has 0 saturated carbocycles. The Balaban J connectivity index is 1.44. The number of amides is 1. The number of rotatable bonds is 7. The molecule has 0 saturated heterocycles. The minimum atomic E-state index is -3.75. The third-order valence-corrected chi connectivity index (χ3v) is 6.07. The van der Waals surface area contributed by atoms with Gasteiger partial charge in [0, 0.05) is 16.3 Å². The van der Waals surface area contributed by atoms with E-state index in [4.69, 9.17) is 20.5 Å². The smallest absolute Gasteiger partial charge is 0.287 e. The number of aromatic nitrogens is 2. The molecule has 1 amide bonds. The summed E-state index contributed by atoms with van der Waals surface area (Å²) < 4.78 is 37.8. The Kier molecular flexibility index (Phi) is 5.97. The van der Waals surface area contributed by atoms with Gasteiger partial charge in [-0.2, -0.15) is 4.98 Å². The van der Waals surface area contributed by atoms with Crippen molar-refractivity contribution in [3.05, 3.63) is 83.6 Å². The summed E-state index contributed by atoms with van der Waals surface area (Å²) in [5.41, 5.74) is 0.977. The SMILES string of the molecule is CC(NC(=O)c1ccco1)c1nc(-c2ccc(NS(=O)(=O)c3ccc(Cl)cc3)cc2)no1. The second-order valence-corrected chi connectivity index (χ2v) is 8.88. The quantitative estimate of drug-likeness (QED) is 0.411. The first-order valence-electron chi connectivity index (χ1n) is 9.38. The number of halogens is 1. The second-order valence-electron chi connectivity index (χ2n) is 6.77. The molecule has 1 atom stereocenters. The van der Waals surface area contributed by atoms with Gasteiger partial charge in [-0.3, -0.25) is 9.52 Å². The molecule has 0 bridgehead atoms. The maximum atomic E-state index is 12.5. The van der Waals surface area contributed by atoms with Crippen LogP contribution in [0.5, 0.6) is 0 Å². The van der Waals surface area contributed by atoms with Gasteiger partial charge in [-0.1, -0.05) is 16.8 Å².